The second-order valence-electron chi connectivity index (χ2n) is 5.18. The van der Waals surface area contributed by atoms with Gasteiger partial charge in [-0.1, -0.05) is 56.3 Å². The molecule has 0 heterocycles. The molecule has 20 heavy (non-hydrogen) atoms. The minimum absolute atomic E-state index is 0.135. The normalized spacial score (nSPS) is 15.9. The minimum Gasteiger partial charge on any atom is -0.312 e. The molecule has 1 N–H and O–H groups in total. The Morgan fingerprint density at radius 3 is 2.55 bits per heavy atom. The molecule has 0 amide bonds. The molecule has 3 unspecified atom stereocenters. The van der Waals surface area contributed by atoms with Gasteiger partial charge in [-0.05, 0) is 29.8 Å². The lowest BCUT2D eigenvalue weighted by molar-refractivity contribution is 0.630. The van der Waals surface area contributed by atoms with Gasteiger partial charge in [0.25, 0.3) is 0 Å². The van der Waals surface area contributed by atoms with Crippen LogP contribution in [0.25, 0.3) is 10.8 Å². The van der Waals surface area contributed by atoms with E-state index in [0.717, 1.165) is 6.42 Å². The zero-order valence-electron chi connectivity index (χ0n) is 12.4. The summed E-state index contributed by atoms with van der Waals surface area (Å²) in [7, 11) is 1.14. The van der Waals surface area contributed by atoms with Gasteiger partial charge < -0.3 is 5.32 Å². The molecule has 108 valence electrons. The summed E-state index contributed by atoms with van der Waals surface area (Å²) in [6.45, 7) is 4.15. The first kappa shape index (κ1) is 15.2. The second-order valence-corrected chi connectivity index (χ2v) is 7.08. The quantitative estimate of drug-likeness (QED) is 0.879. The molecule has 2 aromatic carbocycles. The maximum atomic E-state index is 12.3. The third-order valence-electron chi connectivity index (χ3n) is 3.90. The van der Waals surface area contributed by atoms with E-state index in [1.54, 1.807) is 0 Å². The van der Waals surface area contributed by atoms with Gasteiger partial charge in [0.2, 0.25) is 0 Å². The Morgan fingerprint density at radius 1 is 1.15 bits per heavy atom. The number of hydrogen-bond donors (Lipinski definition) is 1. The molecule has 3 heteroatoms. The van der Waals surface area contributed by atoms with Crippen LogP contribution in [0, 0.1) is 0 Å². The lowest BCUT2D eigenvalue weighted by Crippen LogP contribution is -2.26. The van der Waals surface area contributed by atoms with Crippen LogP contribution in [-0.4, -0.2) is 22.3 Å². The van der Waals surface area contributed by atoms with Crippen molar-refractivity contribution in [1.29, 1.82) is 0 Å². The van der Waals surface area contributed by atoms with Crippen molar-refractivity contribution >= 4 is 21.6 Å². The molecular formula is C17H23NOS. The number of nitrogens with one attached hydrogen (secondary N) is 1. The predicted molar refractivity (Wildman–Crippen MR) is 88.5 cm³/mol. The van der Waals surface area contributed by atoms with Crippen LogP contribution in [0.5, 0.6) is 0 Å². The SMILES string of the molecule is CCC(C)S(=O)CC(NC)c1cccc2ccccc12. The monoisotopic (exact) mass is 289 g/mol. The van der Waals surface area contributed by atoms with Crippen molar-refractivity contribution in [1.82, 2.24) is 5.32 Å². The van der Waals surface area contributed by atoms with Crippen LogP contribution >= 0.6 is 0 Å². The highest BCUT2D eigenvalue weighted by atomic mass is 32.2. The van der Waals surface area contributed by atoms with Crippen molar-refractivity contribution < 1.29 is 4.21 Å². The Kier molecular flexibility index (Phi) is 5.32. The standard InChI is InChI=1S/C17H23NOS/c1-4-13(2)20(19)12-17(18-3)16-11-7-9-14-8-5-6-10-15(14)16/h5-11,13,17-18H,4,12H2,1-3H3. The average molecular weight is 289 g/mol. The summed E-state index contributed by atoms with van der Waals surface area (Å²) in [5.74, 6) is 0.666. The highest BCUT2D eigenvalue weighted by Gasteiger charge is 2.18. The Balaban J connectivity index is 2.32. The van der Waals surface area contributed by atoms with Gasteiger partial charge >= 0.3 is 0 Å². The van der Waals surface area contributed by atoms with E-state index in [2.05, 4.69) is 61.6 Å². The Morgan fingerprint density at radius 2 is 1.85 bits per heavy atom. The summed E-state index contributed by atoms with van der Waals surface area (Å²) in [5, 5.41) is 6.06. The molecule has 2 aromatic rings. The third-order valence-corrected chi connectivity index (χ3v) is 5.79. The van der Waals surface area contributed by atoms with Crippen LogP contribution in [0.2, 0.25) is 0 Å². The molecule has 0 bridgehead atoms. The highest BCUT2D eigenvalue weighted by Crippen LogP contribution is 2.25. The Labute approximate surface area is 124 Å². The average Bonchev–Trinajstić information content (AvgIpc) is 2.51. The fraction of sp³-hybridized carbons (Fsp3) is 0.412. The first-order valence-electron chi connectivity index (χ1n) is 7.19. The molecule has 0 fully saturated rings. The molecule has 0 aliphatic carbocycles. The molecule has 0 radical (unpaired) electrons. The summed E-state index contributed by atoms with van der Waals surface area (Å²) in [5.41, 5.74) is 1.24. The number of fused-ring (bicyclic) bond motifs is 1. The van der Waals surface area contributed by atoms with Crippen LogP contribution < -0.4 is 5.32 Å². The molecule has 0 aliphatic heterocycles. The molecular weight excluding hydrogens is 266 g/mol. The van der Waals surface area contributed by atoms with E-state index in [1.165, 1.54) is 16.3 Å². The zero-order valence-corrected chi connectivity index (χ0v) is 13.2. The maximum absolute atomic E-state index is 12.3. The fourth-order valence-electron chi connectivity index (χ4n) is 2.40. The number of hydrogen-bond acceptors (Lipinski definition) is 2. The van der Waals surface area contributed by atoms with E-state index in [9.17, 15) is 4.21 Å². The van der Waals surface area contributed by atoms with Crippen molar-refractivity contribution in [2.75, 3.05) is 12.8 Å². The van der Waals surface area contributed by atoms with Gasteiger partial charge in [0.1, 0.15) is 0 Å². The maximum Gasteiger partial charge on any atom is 0.0440 e. The lowest BCUT2D eigenvalue weighted by atomic mass is 10.00. The molecule has 3 atom stereocenters. The van der Waals surface area contributed by atoms with Gasteiger partial charge in [-0.25, -0.2) is 0 Å². The van der Waals surface area contributed by atoms with Gasteiger partial charge in [0.05, 0.1) is 0 Å². The first-order chi connectivity index (χ1) is 9.67. The van der Waals surface area contributed by atoms with E-state index in [1.807, 2.05) is 7.05 Å². The lowest BCUT2D eigenvalue weighted by Gasteiger charge is -2.20. The van der Waals surface area contributed by atoms with Gasteiger partial charge in [0.15, 0.2) is 0 Å². The van der Waals surface area contributed by atoms with Gasteiger partial charge in [-0.15, -0.1) is 0 Å². The smallest absolute Gasteiger partial charge is 0.0440 e. The van der Waals surface area contributed by atoms with E-state index in [4.69, 9.17) is 0 Å². The van der Waals surface area contributed by atoms with Crippen LogP contribution in [0.4, 0.5) is 0 Å². The molecule has 2 nitrogen and oxygen atoms in total. The molecule has 0 spiro atoms. The summed E-state index contributed by atoms with van der Waals surface area (Å²) in [4.78, 5) is 0. The van der Waals surface area contributed by atoms with Crippen LogP contribution in [0.3, 0.4) is 0 Å². The van der Waals surface area contributed by atoms with Gasteiger partial charge in [-0.3, -0.25) is 4.21 Å². The molecule has 0 saturated heterocycles. The van der Waals surface area contributed by atoms with E-state index in [-0.39, 0.29) is 11.3 Å². The van der Waals surface area contributed by atoms with Crippen molar-refractivity contribution in [3.63, 3.8) is 0 Å². The predicted octanol–water partition coefficient (Wildman–Crippen LogP) is 3.65. The van der Waals surface area contributed by atoms with Gasteiger partial charge in [0, 0.05) is 27.8 Å². The topological polar surface area (TPSA) is 29.1 Å². The van der Waals surface area contributed by atoms with Crippen molar-refractivity contribution in [3.8, 4) is 0 Å². The minimum atomic E-state index is -0.801. The Bertz CT molecular complexity index is 591. The zero-order chi connectivity index (χ0) is 14.5. The number of benzene rings is 2. The van der Waals surface area contributed by atoms with Crippen molar-refractivity contribution in [2.24, 2.45) is 0 Å². The van der Waals surface area contributed by atoms with E-state index >= 15 is 0 Å². The first-order valence-corrected chi connectivity index (χ1v) is 8.57. The second kappa shape index (κ2) is 7.00. The highest BCUT2D eigenvalue weighted by molar-refractivity contribution is 7.85. The van der Waals surface area contributed by atoms with E-state index in [0.29, 0.717) is 5.75 Å². The van der Waals surface area contributed by atoms with Crippen LogP contribution in [0.15, 0.2) is 42.5 Å². The number of rotatable bonds is 6. The van der Waals surface area contributed by atoms with Crippen LogP contribution in [-0.2, 0) is 10.8 Å². The summed E-state index contributed by atoms with van der Waals surface area (Å²) < 4.78 is 12.3. The van der Waals surface area contributed by atoms with Crippen molar-refractivity contribution in [3.05, 3.63) is 48.0 Å². The third kappa shape index (κ3) is 3.28. The Hall–Kier alpha value is -1.19. The molecule has 2 rings (SSSR count). The summed E-state index contributed by atoms with van der Waals surface area (Å²) >= 11 is 0. The van der Waals surface area contributed by atoms with Gasteiger partial charge in [-0.2, -0.15) is 0 Å². The van der Waals surface area contributed by atoms with Crippen LogP contribution in [0.1, 0.15) is 31.9 Å². The summed E-state index contributed by atoms with van der Waals surface area (Å²) in [6.07, 6.45) is 0.957. The fourth-order valence-corrected chi connectivity index (χ4v) is 3.77. The summed E-state index contributed by atoms with van der Waals surface area (Å²) in [6, 6.07) is 14.8. The largest absolute Gasteiger partial charge is 0.312 e. The van der Waals surface area contributed by atoms with Crippen molar-refractivity contribution in [2.45, 2.75) is 31.6 Å². The molecule has 0 aliphatic rings. The van der Waals surface area contributed by atoms with E-state index < -0.39 is 10.8 Å². The molecule has 0 aromatic heterocycles. The molecule has 0 saturated carbocycles.